The molecule has 0 amide bonds. The van der Waals surface area contributed by atoms with E-state index in [2.05, 4.69) is 6.92 Å². The maximum absolute atomic E-state index is 11.7. The van der Waals surface area contributed by atoms with Crippen LogP contribution in [0.4, 0.5) is 0 Å². The van der Waals surface area contributed by atoms with Crippen molar-refractivity contribution in [1.82, 2.24) is 0 Å². The summed E-state index contributed by atoms with van der Waals surface area (Å²) in [6.45, 7) is 8.55. The molecule has 0 aliphatic heterocycles. The molecule has 3 heteroatoms. The normalized spacial score (nSPS) is 11.3. The molecule has 0 unspecified atom stereocenters. The van der Waals surface area contributed by atoms with Gasteiger partial charge >= 0.3 is 5.97 Å². The van der Waals surface area contributed by atoms with Crippen molar-refractivity contribution in [2.45, 2.75) is 40.5 Å². The molecule has 0 aromatic heterocycles. The fourth-order valence-electron chi connectivity index (χ4n) is 1.40. The maximum atomic E-state index is 11.7. The van der Waals surface area contributed by atoms with E-state index < -0.39 is 5.97 Å². The topological polar surface area (TPSA) is 35.5 Å². The summed E-state index contributed by atoms with van der Waals surface area (Å²) in [5, 5.41) is 0. The lowest BCUT2D eigenvalue weighted by Gasteiger charge is -2.16. The van der Waals surface area contributed by atoms with Gasteiger partial charge in [0.25, 0.3) is 0 Å². The molecule has 0 spiro atoms. The fourth-order valence-corrected chi connectivity index (χ4v) is 1.40. The largest absolute Gasteiger partial charge is 0.373 e. The summed E-state index contributed by atoms with van der Waals surface area (Å²) in [6, 6.07) is 7.44. The van der Waals surface area contributed by atoms with Crippen molar-refractivity contribution in [3.63, 3.8) is 0 Å². The molecule has 0 aliphatic rings. The second-order valence-corrected chi connectivity index (χ2v) is 5.64. The Kier molecular flexibility index (Phi) is 5.35. The summed E-state index contributed by atoms with van der Waals surface area (Å²) in [4.78, 5) is 21.4. The van der Waals surface area contributed by atoms with E-state index in [1.165, 1.54) is 5.56 Å². The van der Waals surface area contributed by atoms with Crippen LogP contribution in [0.5, 0.6) is 0 Å². The van der Waals surface area contributed by atoms with Crippen molar-refractivity contribution in [2.75, 3.05) is 6.61 Å². The molecule has 100 valence electrons. The molecule has 18 heavy (non-hydrogen) atoms. The van der Waals surface area contributed by atoms with Crippen molar-refractivity contribution in [2.24, 2.45) is 5.41 Å². The maximum Gasteiger partial charge on any atom is 0.373 e. The molecule has 0 N–H and O–H groups in total. The van der Waals surface area contributed by atoms with E-state index in [4.69, 9.17) is 9.78 Å². The molecule has 1 aromatic carbocycles. The number of hydrogen-bond acceptors (Lipinski definition) is 3. The minimum atomic E-state index is -0.442. The Bertz CT molecular complexity index is 374. The monoisotopic (exact) mass is 250 g/mol. The number of rotatable bonds is 5. The van der Waals surface area contributed by atoms with Crippen molar-refractivity contribution in [1.29, 1.82) is 0 Å². The summed E-state index contributed by atoms with van der Waals surface area (Å²) < 4.78 is 0. The zero-order valence-corrected chi connectivity index (χ0v) is 11.7. The van der Waals surface area contributed by atoms with Crippen LogP contribution in [0.15, 0.2) is 24.3 Å². The van der Waals surface area contributed by atoms with Crippen molar-refractivity contribution in [3.05, 3.63) is 35.4 Å². The van der Waals surface area contributed by atoms with E-state index in [0.717, 1.165) is 12.8 Å². The van der Waals surface area contributed by atoms with Crippen LogP contribution in [-0.2, 0) is 16.2 Å². The lowest BCUT2D eigenvalue weighted by Crippen LogP contribution is -2.17. The third kappa shape index (κ3) is 5.32. The van der Waals surface area contributed by atoms with Crippen LogP contribution in [0.1, 0.15) is 50.0 Å². The van der Waals surface area contributed by atoms with Crippen LogP contribution in [-0.4, -0.2) is 12.6 Å². The predicted molar refractivity (Wildman–Crippen MR) is 71.3 cm³/mol. The Morgan fingerprint density at radius 1 is 1.17 bits per heavy atom. The van der Waals surface area contributed by atoms with Gasteiger partial charge in [-0.15, -0.1) is 0 Å². The Labute approximate surface area is 109 Å². The third-order valence-electron chi connectivity index (χ3n) is 2.35. The van der Waals surface area contributed by atoms with E-state index in [1.54, 1.807) is 12.1 Å². The second kappa shape index (κ2) is 6.55. The Morgan fingerprint density at radius 3 is 2.28 bits per heavy atom. The number of benzene rings is 1. The van der Waals surface area contributed by atoms with Crippen LogP contribution in [0.2, 0.25) is 0 Å². The minimum absolute atomic E-state index is 0.0226. The first kappa shape index (κ1) is 14.7. The quantitative estimate of drug-likeness (QED) is 0.589. The standard InChI is InChI=1S/C15H22O3/c1-5-6-12-7-9-13(10-8-12)14(16)18-17-11-15(2,3)4/h7-10H,5-6,11H2,1-4H3. The first-order chi connectivity index (χ1) is 8.42. The smallest absolute Gasteiger partial charge is 0.293 e. The zero-order chi connectivity index (χ0) is 13.6. The molecular weight excluding hydrogens is 228 g/mol. The first-order valence-electron chi connectivity index (χ1n) is 6.35. The highest BCUT2D eigenvalue weighted by molar-refractivity contribution is 5.88. The van der Waals surface area contributed by atoms with Gasteiger partial charge in [-0.25, -0.2) is 4.79 Å². The summed E-state index contributed by atoms with van der Waals surface area (Å²) in [7, 11) is 0. The van der Waals surface area contributed by atoms with Crippen LogP contribution in [0, 0.1) is 5.41 Å². The Balaban J connectivity index is 2.46. The molecule has 0 saturated heterocycles. The Morgan fingerprint density at radius 2 is 1.78 bits per heavy atom. The van der Waals surface area contributed by atoms with Gasteiger partial charge in [0.15, 0.2) is 0 Å². The molecule has 3 nitrogen and oxygen atoms in total. The highest BCUT2D eigenvalue weighted by atomic mass is 17.2. The van der Waals surface area contributed by atoms with Gasteiger partial charge in [0.05, 0.1) is 12.2 Å². The van der Waals surface area contributed by atoms with Gasteiger partial charge in [0.2, 0.25) is 0 Å². The molecule has 0 bridgehead atoms. The van der Waals surface area contributed by atoms with Crippen LogP contribution >= 0.6 is 0 Å². The molecule has 0 radical (unpaired) electrons. The van der Waals surface area contributed by atoms with Crippen molar-refractivity contribution >= 4 is 5.97 Å². The van der Waals surface area contributed by atoms with Gasteiger partial charge < -0.3 is 0 Å². The van der Waals surface area contributed by atoms with Gasteiger partial charge in [0, 0.05) is 0 Å². The summed E-state index contributed by atoms with van der Waals surface area (Å²) in [5.41, 5.74) is 1.72. The Hall–Kier alpha value is -1.35. The van der Waals surface area contributed by atoms with Crippen molar-refractivity contribution in [3.8, 4) is 0 Å². The second-order valence-electron chi connectivity index (χ2n) is 5.64. The molecule has 0 heterocycles. The molecular formula is C15H22O3. The number of aryl methyl sites for hydroxylation is 1. The highest BCUT2D eigenvalue weighted by Crippen LogP contribution is 2.14. The lowest BCUT2D eigenvalue weighted by atomic mass is 9.99. The van der Waals surface area contributed by atoms with Gasteiger partial charge in [-0.05, 0) is 29.5 Å². The van der Waals surface area contributed by atoms with Crippen molar-refractivity contribution < 1.29 is 14.6 Å². The highest BCUT2D eigenvalue weighted by Gasteiger charge is 2.14. The zero-order valence-electron chi connectivity index (χ0n) is 11.7. The summed E-state index contributed by atoms with van der Waals surface area (Å²) >= 11 is 0. The van der Waals surface area contributed by atoms with Crippen LogP contribution in [0.25, 0.3) is 0 Å². The SMILES string of the molecule is CCCc1ccc(C(=O)OOCC(C)(C)C)cc1. The molecule has 0 atom stereocenters. The van der Waals surface area contributed by atoms with Gasteiger partial charge in [0.1, 0.15) is 0 Å². The van der Waals surface area contributed by atoms with E-state index in [0.29, 0.717) is 12.2 Å². The fraction of sp³-hybridized carbons (Fsp3) is 0.533. The molecule has 0 fully saturated rings. The third-order valence-corrected chi connectivity index (χ3v) is 2.35. The predicted octanol–water partition coefficient (Wildman–Crippen LogP) is 3.77. The molecule has 0 saturated carbocycles. The first-order valence-corrected chi connectivity index (χ1v) is 6.35. The number of hydrogen-bond donors (Lipinski definition) is 0. The van der Waals surface area contributed by atoms with Gasteiger partial charge in [-0.3, -0.25) is 4.89 Å². The van der Waals surface area contributed by atoms with Crippen LogP contribution < -0.4 is 0 Å². The summed E-state index contributed by atoms with van der Waals surface area (Å²) in [5.74, 6) is -0.442. The van der Waals surface area contributed by atoms with E-state index in [9.17, 15) is 4.79 Å². The van der Waals surface area contributed by atoms with E-state index >= 15 is 0 Å². The summed E-state index contributed by atoms with van der Waals surface area (Å²) in [6.07, 6.45) is 2.12. The lowest BCUT2D eigenvalue weighted by molar-refractivity contribution is -0.255. The minimum Gasteiger partial charge on any atom is -0.293 e. The average Bonchev–Trinajstić information content (AvgIpc) is 2.28. The molecule has 0 aliphatic carbocycles. The molecule has 1 rings (SSSR count). The number of carbonyl (C=O) groups is 1. The van der Waals surface area contributed by atoms with E-state index in [1.807, 2.05) is 32.9 Å². The average molecular weight is 250 g/mol. The van der Waals surface area contributed by atoms with E-state index in [-0.39, 0.29) is 5.41 Å². The van der Waals surface area contributed by atoms with Gasteiger partial charge in [-0.2, -0.15) is 4.89 Å². The number of carbonyl (C=O) groups excluding carboxylic acids is 1. The van der Waals surface area contributed by atoms with Gasteiger partial charge in [-0.1, -0.05) is 46.2 Å². The molecule has 1 aromatic rings. The van der Waals surface area contributed by atoms with Crippen LogP contribution in [0.3, 0.4) is 0 Å².